The molecule has 2 aromatic heterocycles. The highest BCUT2D eigenvalue weighted by Crippen LogP contribution is 2.30. The zero-order valence-electron chi connectivity index (χ0n) is 15.0. The number of aryl methyl sites for hydroxylation is 1. The van der Waals surface area contributed by atoms with Crippen molar-refractivity contribution >= 4 is 45.3 Å². The van der Waals surface area contributed by atoms with Gasteiger partial charge in [0.2, 0.25) is 5.91 Å². The van der Waals surface area contributed by atoms with Crippen molar-refractivity contribution < 1.29 is 14.5 Å². The largest absolute Gasteiger partial charge is 0.341 e. The summed E-state index contributed by atoms with van der Waals surface area (Å²) >= 11 is 2.91. The molecule has 0 saturated carbocycles. The SMILES string of the molecule is Cc1ccc(-c2csc(NC(=O)C(C)NC(=O)c3cccc([N+](=O)[O-])c3)n2)s1. The number of amides is 2. The molecule has 1 aromatic carbocycles. The first kappa shape index (κ1) is 19.6. The summed E-state index contributed by atoms with van der Waals surface area (Å²) in [5, 5.41) is 18.3. The number of carbonyl (C=O) groups excluding carboxylic acids is 2. The average molecular weight is 416 g/mol. The molecule has 0 bridgehead atoms. The maximum atomic E-state index is 12.3. The molecule has 8 nitrogen and oxygen atoms in total. The molecule has 1 atom stereocenters. The lowest BCUT2D eigenvalue weighted by Gasteiger charge is -2.13. The lowest BCUT2D eigenvalue weighted by molar-refractivity contribution is -0.384. The minimum atomic E-state index is -0.844. The van der Waals surface area contributed by atoms with E-state index in [0.29, 0.717) is 5.13 Å². The molecule has 2 amide bonds. The molecule has 0 aliphatic carbocycles. The van der Waals surface area contributed by atoms with Crippen LogP contribution >= 0.6 is 22.7 Å². The summed E-state index contributed by atoms with van der Waals surface area (Å²) in [5.41, 5.74) is 0.703. The van der Waals surface area contributed by atoms with E-state index >= 15 is 0 Å². The number of benzene rings is 1. The van der Waals surface area contributed by atoms with E-state index in [2.05, 4.69) is 15.6 Å². The van der Waals surface area contributed by atoms with E-state index in [-0.39, 0.29) is 11.3 Å². The average Bonchev–Trinajstić information content (AvgIpc) is 3.30. The number of non-ortho nitro benzene ring substituents is 1. The van der Waals surface area contributed by atoms with E-state index in [1.165, 1.54) is 41.3 Å². The highest BCUT2D eigenvalue weighted by molar-refractivity contribution is 7.17. The predicted molar refractivity (Wildman–Crippen MR) is 109 cm³/mol. The van der Waals surface area contributed by atoms with Crippen LogP contribution in [0.1, 0.15) is 22.2 Å². The fourth-order valence-electron chi connectivity index (χ4n) is 2.34. The number of thiazole rings is 1. The second-order valence-electron chi connectivity index (χ2n) is 5.94. The number of nitrogens with zero attached hydrogens (tertiary/aromatic N) is 2. The lowest BCUT2D eigenvalue weighted by Crippen LogP contribution is -2.41. The molecule has 2 N–H and O–H groups in total. The van der Waals surface area contributed by atoms with Crippen molar-refractivity contribution in [2.75, 3.05) is 5.32 Å². The van der Waals surface area contributed by atoms with Crippen molar-refractivity contribution in [3.8, 4) is 10.6 Å². The van der Waals surface area contributed by atoms with Gasteiger partial charge in [-0.3, -0.25) is 19.7 Å². The van der Waals surface area contributed by atoms with Gasteiger partial charge in [0.1, 0.15) is 6.04 Å². The Labute approximate surface area is 168 Å². The van der Waals surface area contributed by atoms with Crippen LogP contribution < -0.4 is 10.6 Å². The van der Waals surface area contributed by atoms with Crippen LogP contribution in [0.2, 0.25) is 0 Å². The molecule has 3 rings (SSSR count). The Morgan fingerprint density at radius 3 is 2.71 bits per heavy atom. The van der Waals surface area contributed by atoms with Gasteiger partial charge < -0.3 is 10.6 Å². The van der Waals surface area contributed by atoms with E-state index in [4.69, 9.17) is 0 Å². The molecule has 28 heavy (non-hydrogen) atoms. The number of anilines is 1. The number of nitro benzene ring substituents is 1. The summed E-state index contributed by atoms with van der Waals surface area (Å²) in [5.74, 6) is -0.998. The van der Waals surface area contributed by atoms with E-state index in [0.717, 1.165) is 16.6 Å². The molecule has 144 valence electrons. The van der Waals surface area contributed by atoms with E-state index in [1.54, 1.807) is 11.3 Å². The Bertz CT molecular complexity index is 1040. The number of rotatable bonds is 6. The van der Waals surface area contributed by atoms with Gasteiger partial charge in [0.15, 0.2) is 5.13 Å². The van der Waals surface area contributed by atoms with Crippen molar-refractivity contribution in [1.29, 1.82) is 0 Å². The molecule has 0 aliphatic heterocycles. The van der Waals surface area contributed by atoms with Gasteiger partial charge >= 0.3 is 0 Å². The van der Waals surface area contributed by atoms with Crippen molar-refractivity contribution in [3.63, 3.8) is 0 Å². The van der Waals surface area contributed by atoms with Crippen LogP contribution in [0.4, 0.5) is 10.8 Å². The van der Waals surface area contributed by atoms with E-state index < -0.39 is 22.8 Å². The van der Waals surface area contributed by atoms with Gasteiger partial charge in [0.05, 0.1) is 15.5 Å². The second kappa shape index (κ2) is 8.28. The third-order valence-corrected chi connectivity index (χ3v) is 5.57. The van der Waals surface area contributed by atoms with Crippen molar-refractivity contribution in [2.45, 2.75) is 19.9 Å². The molecule has 10 heteroatoms. The zero-order valence-corrected chi connectivity index (χ0v) is 16.6. The minimum Gasteiger partial charge on any atom is -0.341 e. The second-order valence-corrected chi connectivity index (χ2v) is 8.09. The summed E-state index contributed by atoms with van der Waals surface area (Å²) in [6.07, 6.45) is 0. The Morgan fingerprint density at radius 1 is 1.25 bits per heavy atom. The Kier molecular flexibility index (Phi) is 5.81. The molecule has 0 radical (unpaired) electrons. The quantitative estimate of drug-likeness (QED) is 0.468. The molecule has 0 spiro atoms. The fraction of sp³-hybridized carbons (Fsp3) is 0.167. The fourth-order valence-corrected chi connectivity index (χ4v) is 3.95. The minimum absolute atomic E-state index is 0.110. The number of aromatic nitrogens is 1. The summed E-state index contributed by atoms with van der Waals surface area (Å²) in [7, 11) is 0. The summed E-state index contributed by atoms with van der Waals surface area (Å²) < 4.78 is 0. The maximum Gasteiger partial charge on any atom is 0.270 e. The van der Waals surface area contributed by atoms with E-state index in [9.17, 15) is 19.7 Å². The number of hydrogen-bond donors (Lipinski definition) is 2. The third-order valence-electron chi connectivity index (χ3n) is 3.79. The monoisotopic (exact) mass is 416 g/mol. The maximum absolute atomic E-state index is 12.3. The summed E-state index contributed by atoms with van der Waals surface area (Å²) in [4.78, 5) is 41.4. The zero-order chi connectivity index (χ0) is 20.3. The highest BCUT2D eigenvalue weighted by Gasteiger charge is 2.19. The van der Waals surface area contributed by atoms with Crippen LogP contribution in [0.15, 0.2) is 41.8 Å². The van der Waals surface area contributed by atoms with Gasteiger partial charge in [-0.1, -0.05) is 6.07 Å². The normalized spacial score (nSPS) is 11.6. The topological polar surface area (TPSA) is 114 Å². The lowest BCUT2D eigenvalue weighted by atomic mass is 10.1. The van der Waals surface area contributed by atoms with Crippen molar-refractivity contribution in [3.05, 3.63) is 62.3 Å². The van der Waals surface area contributed by atoms with Crippen molar-refractivity contribution in [1.82, 2.24) is 10.3 Å². The van der Waals surface area contributed by atoms with Crippen LogP contribution in [0.3, 0.4) is 0 Å². The summed E-state index contributed by atoms with van der Waals surface area (Å²) in [6, 6.07) is 8.46. The standard InChI is InChI=1S/C18H16N4O4S2/c1-10-6-7-15(28-10)14-9-27-18(20-14)21-16(23)11(2)19-17(24)12-4-3-5-13(8-12)22(25)26/h3-9,11H,1-2H3,(H,19,24)(H,20,21,23). The molecule has 3 aromatic rings. The first-order chi connectivity index (χ1) is 13.3. The van der Waals surface area contributed by atoms with Gasteiger partial charge in [-0.25, -0.2) is 4.98 Å². The number of nitrogens with one attached hydrogen (secondary N) is 2. The predicted octanol–water partition coefficient (Wildman–Crippen LogP) is 3.85. The molecular formula is C18H16N4O4S2. The number of carbonyl (C=O) groups is 2. The first-order valence-electron chi connectivity index (χ1n) is 8.22. The van der Waals surface area contributed by atoms with Gasteiger partial charge in [-0.2, -0.15) is 0 Å². The molecule has 0 aliphatic rings. The van der Waals surface area contributed by atoms with Gasteiger partial charge in [-0.05, 0) is 32.0 Å². The van der Waals surface area contributed by atoms with Crippen LogP contribution in [0, 0.1) is 17.0 Å². The van der Waals surface area contributed by atoms with Crippen LogP contribution in [-0.2, 0) is 4.79 Å². The Balaban J connectivity index is 1.62. The third kappa shape index (κ3) is 4.59. The smallest absolute Gasteiger partial charge is 0.270 e. The Morgan fingerprint density at radius 2 is 2.04 bits per heavy atom. The first-order valence-corrected chi connectivity index (χ1v) is 9.91. The van der Waals surface area contributed by atoms with Crippen molar-refractivity contribution in [2.24, 2.45) is 0 Å². The highest BCUT2D eigenvalue weighted by atomic mass is 32.1. The molecular weight excluding hydrogens is 400 g/mol. The van der Waals surface area contributed by atoms with E-state index in [1.807, 2.05) is 24.4 Å². The van der Waals surface area contributed by atoms with Gasteiger partial charge in [-0.15, -0.1) is 22.7 Å². The number of nitro groups is 1. The van der Waals surface area contributed by atoms with Gasteiger partial charge in [0, 0.05) is 28.0 Å². The molecule has 1 unspecified atom stereocenters. The molecule has 2 heterocycles. The number of hydrogen-bond acceptors (Lipinski definition) is 7. The molecule has 0 saturated heterocycles. The van der Waals surface area contributed by atoms with Crippen LogP contribution in [0.25, 0.3) is 10.6 Å². The number of thiophene rings is 1. The Hall–Kier alpha value is -3.11. The van der Waals surface area contributed by atoms with Crippen LogP contribution in [-0.4, -0.2) is 27.8 Å². The summed E-state index contributed by atoms with van der Waals surface area (Å²) in [6.45, 7) is 3.54. The van der Waals surface area contributed by atoms with Crippen LogP contribution in [0.5, 0.6) is 0 Å². The van der Waals surface area contributed by atoms with Gasteiger partial charge in [0.25, 0.3) is 11.6 Å². The molecule has 0 fully saturated rings.